The lowest BCUT2D eigenvalue weighted by Crippen LogP contribution is -2.49. The first-order valence-corrected chi connectivity index (χ1v) is 17.8. The van der Waals surface area contributed by atoms with E-state index >= 15 is 0 Å². The van der Waals surface area contributed by atoms with E-state index in [4.69, 9.17) is 0 Å². The minimum atomic E-state index is -4.47. The van der Waals surface area contributed by atoms with E-state index in [1.54, 1.807) is 48.5 Å². The van der Waals surface area contributed by atoms with E-state index in [2.05, 4.69) is 10.6 Å². The molecule has 1 saturated carbocycles. The number of para-hydroxylation sites is 2. The van der Waals surface area contributed by atoms with E-state index in [0.717, 1.165) is 55.2 Å². The number of hydrogen-bond acceptors (Lipinski definition) is 5. The molecule has 0 radical (unpaired) electrons. The van der Waals surface area contributed by atoms with Crippen LogP contribution in [0.25, 0.3) is 0 Å². The first-order chi connectivity index (χ1) is 22.9. The van der Waals surface area contributed by atoms with E-state index in [1.807, 2.05) is 36.4 Å². The number of carbonyl (C=O) groups excluding carboxylic acids is 1. The molecule has 1 fully saturated rings. The van der Waals surface area contributed by atoms with Crippen molar-refractivity contribution in [2.24, 2.45) is 0 Å². The minimum absolute atomic E-state index is 0.0253. The second kappa shape index (κ2) is 15.4. The monoisotopic (exact) mass is 679 g/mol. The molecule has 0 heterocycles. The molecule has 0 saturated heterocycles. The second-order valence-corrected chi connectivity index (χ2v) is 14.1. The van der Waals surface area contributed by atoms with Crippen LogP contribution in [0.3, 0.4) is 0 Å². The van der Waals surface area contributed by atoms with Gasteiger partial charge in [-0.25, -0.2) is 12.7 Å². The Morgan fingerprint density at radius 1 is 0.896 bits per heavy atom. The van der Waals surface area contributed by atoms with Gasteiger partial charge in [-0.1, -0.05) is 91.7 Å². The van der Waals surface area contributed by atoms with Crippen molar-refractivity contribution >= 4 is 27.3 Å². The largest absolute Gasteiger partial charge is 0.416 e. The van der Waals surface area contributed by atoms with Crippen LogP contribution in [0, 0.1) is 0 Å². The Kier molecular flexibility index (Phi) is 11.2. The molecular weight excluding hydrogens is 639 g/mol. The third-order valence-electron chi connectivity index (χ3n) is 8.65. The number of aliphatic hydroxyl groups excluding tert-OH is 1. The smallest absolute Gasteiger partial charge is 0.390 e. The van der Waals surface area contributed by atoms with Crippen molar-refractivity contribution in [2.75, 3.05) is 17.1 Å². The van der Waals surface area contributed by atoms with Gasteiger partial charge in [0.2, 0.25) is 10.0 Å². The van der Waals surface area contributed by atoms with Gasteiger partial charge in [0.1, 0.15) is 0 Å². The highest BCUT2D eigenvalue weighted by Gasteiger charge is 2.33. The maximum atomic E-state index is 14.3. The van der Waals surface area contributed by atoms with Crippen LogP contribution in [0.15, 0.2) is 103 Å². The van der Waals surface area contributed by atoms with Crippen LogP contribution >= 0.6 is 0 Å². The van der Waals surface area contributed by atoms with Crippen molar-refractivity contribution in [3.63, 3.8) is 0 Å². The van der Waals surface area contributed by atoms with Crippen LogP contribution in [-0.4, -0.2) is 44.4 Å². The summed E-state index contributed by atoms with van der Waals surface area (Å²) in [6, 6.07) is 27.3. The van der Waals surface area contributed by atoms with Crippen molar-refractivity contribution in [3.05, 3.63) is 131 Å². The standard InChI is InChI=1S/C37H40F3N3O4S/c1-48(46,47)43(30-18-6-3-7-19-30)35-31(28-15-8-9-16-28)20-11-21-32(35)36(45)42-33(23-26-12-4-2-5-13-26)34(44)25-41-24-27-14-10-17-29(22-27)37(38,39)40/h2-7,10-14,17-22,28,33-34,41,44H,8-9,15-16,23-25H2,1H3,(H,42,45)/t33-,34+/m0/s1. The number of anilines is 2. The maximum Gasteiger partial charge on any atom is 0.416 e. The Morgan fingerprint density at radius 3 is 2.17 bits per heavy atom. The van der Waals surface area contributed by atoms with Crippen molar-refractivity contribution in [2.45, 2.75) is 62.9 Å². The Labute approximate surface area is 279 Å². The summed E-state index contributed by atoms with van der Waals surface area (Å²) in [6.45, 7) is 0.0451. The highest BCUT2D eigenvalue weighted by Crippen LogP contribution is 2.43. The molecule has 254 valence electrons. The van der Waals surface area contributed by atoms with Crippen LogP contribution in [0.5, 0.6) is 0 Å². The maximum absolute atomic E-state index is 14.3. The third-order valence-corrected chi connectivity index (χ3v) is 9.71. The molecular formula is C37H40F3N3O4S. The molecule has 11 heteroatoms. The summed E-state index contributed by atoms with van der Waals surface area (Å²) in [7, 11) is -3.90. The van der Waals surface area contributed by atoms with Crippen molar-refractivity contribution in [1.82, 2.24) is 10.6 Å². The number of amides is 1. The number of carbonyl (C=O) groups is 1. The summed E-state index contributed by atoms with van der Waals surface area (Å²) >= 11 is 0. The molecule has 4 aromatic rings. The third kappa shape index (κ3) is 8.83. The summed E-state index contributed by atoms with van der Waals surface area (Å²) in [4.78, 5) is 14.3. The van der Waals surface area contributed by atoms with Gasteiger partial charge in [0.05, 0.1) is 40.9 Å². The molecule has 7 nitrogen and oxygen atoms in total. The number of nitrogens with one attached hydrogen (secondary N) is 2. The number of alkyl halides is 3. The first-order valence-electron chi connectivity index (χ1n) is 16.0. The SMILES string of the molecule is CS(=O)(=O)N(c1ccccc1)c1c(C(=O)N[C@@H](Cc2ccccc2)[C@H](O)CNCc2cccc(C(F)(F)F)c2)cccc1C1CCCC1. The van der Waals surface area contributed by atoms with Crippen molar-refractivity contribution in [1.29, 1.82) is 0 Å². The zero-order chi connectivity index (χ0) is 34.3. The fraction of sp³-hybridized carbons (Fsp3) is 0.324. The second-order valence-electron chi connectivity index (χ2n) is 12.3. The number of hydrogen-bond donors (Lipinski definition) is 3. The molecule has 0 aliphatic heterocycles. The molecule has 1 amide bonds. The summed E-state index contributed by atoms with van der Waals surface area (Å²) in [6.07, 6.45) is -0.485. The lowest BCUT2D eigenvalue weighted by molar-refractivity contribution is -0.137. The van der Waals surface area contributed by atoms with Gasteiger partial charge in [0.25, 0.3) is 5.91 Å². The molecule has 0 unspecified atom stereocenters. The van der Waals surface area contributed by atoms with Gasteiger partial charge in [0, 0.05) is 13.1 Å². The zero-order valence-electron chi connectivity index (χ0n) is 26.7. The quantitative estimate of drug-likeness (QED) is 0.142. The molecule has 3 N–H and O–H groups in total. The van der Waals surface area contributed by atoms with Crippen molar-refractivity contribution < 1.29 is 31.5 Å². The number of aliphatic hydroxyl groups is 1. The predicted octanol–water partition coefficient (Wildman–Crippen LogP) is 6.95. The lowest BCUT2D eigenvalue weighted by Gasteiger charge is -2.30. The highest BCUT2D eigenvalue weighted by molar-refractivity contribution is 7.92. The van der Waals surface area contributed by atoms with Gasteiger partial charge < -0.3 is 15.7 Å². The van der Waals surface area contributed by atoms with Crippen LogP contribution < -0.4 is 14.9 Å². The number of rotatable bonds is 13. The molecule has 0 aromatic heterocycles. The van der Waals surface area contributed by atoms with Gasteiger partial charge in [-0.3, -0.25) is 4.79 Å². The van der Waals surface area contributed by atoms with Crippen LogP contribution in [-0.2, 0) is 29.2 Å². The van der Waals surface area contributed by atoms with Crippen molar-refractivity contribution in [3.8, 4) is 0 Å². The van der Waals surface area contributed by atoms with E-state index in [1.165, 1.54) is 10.4 Å². The Hall–Kier alpha value is -4.19. The zero-order valence-corrected chi connectivity index (χ0v) is 27.5. The Morgan fingerprint density at radius 2 is 1.52 bits per heavy atom. The summed E-state index contributed by atoms with van der Waals surface area (Å²) in [5.41, 5.74) is 2.13. The molecule has 0 bridgehead atoms. The number of halogens is 3. The number of nitrogens with zero attached hydrogens (tertiary/aromatic N) is 1. The van der Waals surface area contributed by atoms with Crippen LogP contribution in [0.4, 0.5) is 24.5 Å². The average molecular weight is 680 g/mol. The molecule has 5 rings (SSSR count). The summed E-state index contributed by atoms with van der Waals surface area (Å²) < 4.78 is 67.7. The topological polar surface area (TPSA) is 98.7 Å². The van der Waals surface area contributed by atoms with E-state index in [9.17, 15) is 31.5 Å². The number of sulfonamides is 1. The van der Waals surface area contributed by atoms with Crippen LogP contribution in [0.1, 0.15) is 64.2 Å². The predicted molar refractivity (Wildman–Crippen MR) is 182 cm³/mol. The molecule has 1 aliphatic rings. The normalized spacial score (nSPS) is 15.2. The summed E-state index contributed by atoms with van der Waals surface area (Å²) in [5, 5.41) is 17.4. The van der Waals surface area contributed by atoms with Gasteiger partial charge in [-0.2, -0.15) is 13.2 Å². The fourth-order valence-electron chi connectivity index (χ4n) is 6.35. The molecule has 48 heavy (non-hydrogen) atoms. The molecule has 4 aromatic carbocycles. The number of benzene rings is 4. The van der Waals surface area contributed by atoms with Gasteiger partial charge >= 0.3 is 6.18 Å². The van der Waals surface area contributed by atoms with Gasteiger partial charge in [0.15, 0.2) is 0 Å². The molecule has 0 spiro atoms. The Balaban J connectivity index is 1.45. The van der Waals surface area contributed by atoms with Gasteiger partial charge in [-0.15, -0.1) is 0 Å². The fourth-order valence-corrected chi connectivity index (χ4v) is 7.39. The van der Waals surface area contributed by atoms with Crippen LogP contribution in [0.2, 0.25) is 0 Å². The first kappa shape index (κ1) is 35.1. The van der Waals surface area contributed by atoms with E-state index in [-0.39, 0.29) is 31.0 Å². The minimum Gasteiger partial charge on any atom is -0.390 e. The lowest BCUT2D eigenvalue weighted by atomic mass is 9.92. The highest BCUT2D eigenvalue weighted by atomic mass is 32.2. The molecule has 2 atom stereocenters. The van der Waals surface area contributed by atoms with Gasteiger partial charge in [-0.05, 0) is 66.1 Å². The summed E-state index contributed by atoms with van der Waals surface area (Å²) in [5.74, 6) is -0.473. The molecule has 1 aliphatic carbocycles. The average Bonchev–Trinajstić information content (AvgIpc) is 3.60. The van der Waals surface area contributed by atoms with E-state index in [0.29, 0.717) is 16.9 Å². The Bertz CT molecular complexity index is 1780. The van der Waals surface area contributed by atoms with E-state index < -0.39 is 39.8 Å².